The summed E-state index contributed by atoms with van der Waals surface area (Å²) in [4.78, 5) is 22.7. The van der Waals surface area contributed by atoms with Gasteiger partial charge in [0.25, 0.3) is 0 Å². The first-order chi connectivity index (χ1) is 15.5. The van der Waals surface area contributed by atoms with Gasteiger partial charge in [-0.3, -0.25) is 4.79 Å². The number of amides is 1. The first-order valence-electron chi connectivity index (χ1n) is 11.2. The largest absolute Gasteiger partial charge is 0.489 e. The van der Waals surface area contributed by atoms with E-state index in [0.717, 1.165) is 24.3 Å². The lowest BCUT2D eigenvalue weighted by Crippen LogP contribution is -2.33. The number of halogens is 1. The summed E-state index contributed by atoms with van der Waals surface area (Å²) in [5, 5.41) is 13.1. The molecule has 1 aromatic heterocycles. The quantitative estimate of drug-likeness (QED) is 0.571. The third-order valence-corrected chi connectivity index (χ3v) is 5.58. The van der Waals surface area contributed by atoms with Crippen LogP contribution in [0, 0.1) is 0 Å². The van der Waals surface area contributed by atoms with E-state index in [0.29, 0.717) is 17.4 Å². The standard InChI is InChI=1S/C24H33ClN4O4/c1-15(2)28-22(30)16(3)17-6-8-18(9-7-17)33-19-10-11-29(12-19)21-20(25)23(27-14-26-21)32-13-24(4,5)31/h6-9,14-16,19,31H,10-13H2,1-5H3,(H,28,30)/t16?,19-/m1/s1. The molecule has 0 radical (unpaired) electrons. The van der Waals surface area contributed by atoms with Crippen LogP contribution in [-0.4, -0.2) is 58.4 Å². The van der Waals surface area contributed by atoms with Gasteiger partial charge in [-0.1, -0.05) is 23.7 Å². The summed E-state index contributed by atoms with van der Waals surface area (Å²) in [7, 11) is 0. The molecule has 2 N–H and O–H groups in total. The Hall–Kier alpha value is -2.58. The minimum absolute atomic E-state index is 0.0118. The van der Waals surface area contributed by atoms with E-state index in [-0.39, 0.29) is 36.5 Å². The number of ether oxygens (including phenoxy) is 2. The second-order valence-electron chi connectivity index (χ2n) is 9.35. The topological polar surface area (TPSA) is 96.8 Å². The third-order valence-electron chi connectivity index (χ3n) is 5.25. The van der Waals surface area contributed by atoms with Gasteiger partial charge < -0.3 is 24.8 Å². The third kappa shape index (κ3) is 6.95. The van der Waals surface area contributed by atoms with Gasteiger partial charge in [-0.05, 0) is 52.3 Å². The molecule has 0 spiro atoms. The molecule has 1 unspecified atom stereocenters. The maximum atomic E-state index is 12.2. The number of carbonyl (C=O) groups excluding carboxylic acids is 1. The highest BCUT2D eigenvalue weighted by atomic mass is 35.5. The van der Waals surface area contributed by atoms with E-state index in [1.165, 1.54) is 6.33 Å². The molecule has 2 atom stereocenters. The van der Waals surface area contributed by atoms with Gasteiger partial charge in [-0.2, -0.15) is 0 Å². The van der Waals surface area contributed by atoms with Gasteiger partial charge in [0.05, 0.1) is 18.1 Å². The van der Waals surface area contributed by atoms with Crippen molar-refractivity contribution in [3.8, 4) is 11.6 Å². The van der Waals surface area contributed by atoms with Gasteiger partial charge in [-0.25, -0.2) is 9.97 Å². The molecule has 33 heavy (non-hydrogen) atoms. The van der Waals surface area contributed by atoms with Crippen LogP contribution in [0.1, 0.15) is 52.5 Å². The zero-order valence-electron chi connectivity index (χ0n) is 19.8. The van der Waals surface area contributed by atoms with Crippen LogP contribution in [0.4, 0.5) is 5.82 Å². The van der Waals surface area contributed by atoms with Crippen molar-refractivity contribution in [2.45, 2.75) is 64.7 Å². The summed E-state index contributed by atoms with van der Waals surface area (Å²) < 4.78 is 11.7. The molecule has 180 valence electrons. The van der Waals surface area contributed by atoms with Gasteiger partial charge in [0, 0.05) is 19.0 Å². The highest BCUT2D eigenvalue weighted by Gasteiger charge is 2.28. The Morgan fingerprint density at radius 1 is 1.27 bits per heavy atom. The molecule has 3 rings (SSSR count). The number of nitrogens with one attached hydrogen (secondary N) is 1. The van der Waals surface area contributed by atoms with E-state index >= 15 is 0 Å². The van der Waals surface area contributed by atoms with Crippen molar-refractivity contribution in [2.75, 3.05) is 24.6 Å². The molecule has 0 aliphatic carbocycles. The van der Waals surface area contributed by atoms with Crippen LogP contribution in [0.25, 0.3) is 0 Å². The lowest BCUT2D eigenvalue weighted by atomic mass is 10.00. The molecule has 9 heteroatoms. The fourth-order valence-corrected chi connectivity index (χ4v) is 3.79. The monoisotopic (exact) mass is 476 g/mol. The van der Waals surface area contributed by atoms with E-state index in [1.54, 1.807) is 13.8 Å². The highest BCUT2D eigenvalue weighted by molar-refractivity contribution is 6.34. The molecule has 8 nitrogen and oxygen atoms in total. The predicted octanol–water partition coefficient (Wildman–Crippen LogP) is 3.57. The molecule has 1 aliphatic rings. The average Bonchev–Trinajstić information content (AvgIpc) is 3.20. The lowest BCUT2D eigenvalue weighted by Gasteiger charge is -2.21. The summed E-state index contributed by atoms with van der Waals surface area (Å²) in [5.74, 6) is 1.38. The molecular formula is C24H33ClN4O4. The van der Waals surface area contributed by atoms with Crippen molar-refractivity contribution in [3.63, 3.8) is 0 Å². The number of hydrogen-bond donors (Lipinski definition) is 2. The summed E-state index contributed by atoms with van der Waals surface area (Å²) in [5.41, 5.74) is -0.0491. The lowest BCUT2D eigenvalue weighted by molar-refractivity contribution is -0.122. The van der Waals surface area contributed by atoms with E-state index in [4.69, 9.17) is 21.1 Å². The summed E-state index contributed by atoms with van der Waals surface area (Å²) >= 11 is 6.48. The first kappa shape index (κ1) is 25.1. The Kier molecular flexibility index (Phi) is 8.02. The van der Waals surface area contributed by atoms with Gasteiger partial charge in [0.1, 0.15) is 29.8 Å². The minimum atomic E-state index is -0.993. The van der Waals surface area contributed by atoms with Crippen LogP contribution in [0.15, 0.2) is 30.6 Å². The van der Waals surface area contributed by atoms with Crippen molar-refractivity contribution < 1.29 is 19.4 Å². The Morgan fingerprint density at radius 3 is 2.61 bits per heavy atom. The zero-order valence-corrected chi connectivity index (χ0v) is 20.6. The molecule has 2 aromatic rings. The van der Waals surface area contributed by atoms with Crippen LogP contribution in [0.3, 0.4) is 0 Å². The second kappa shape index (κ2) is 10.6. The van der Waals surface area contributed by atoms with Gasteiger partial charge in [-0.15, -0.1) is 0 Å². The smallest absolute Gasteiger partial charge is 0.238 e. The zero-order chi connectivity index (χ0) is 24.2. The van der Waals surface area contributed by atoms with Crippen molar-refractivity contribution in [1.82, 2.24) is 15.3 Å². The average molecular weight is 477 g/mol. The number of nitrogens with zero attached hydrogens (tertiary/aromatic N) is 3. The summed E-state index contributed by atoms with van der Waals surface area (Å²) in [6.45, 7) is 10.5. The fourth-order valence-electron chi connectivity index (χ4n) is 3.52. The Morgan fingerprint density at radius 2 is 1.97 bits per heavy atom. The van der Waals surface area contributed by atoms with Crippen LogP contribution in [0.2, 0.25) is 5.02 Å². The summed E-state index contributed by atoms with van der Waals surface area (Å²) in [6.07, 6.45) is 2.20. The van der Waals surface area contributed by atoms with Crippen LogP contribution < -0.4 is 19.7 Å². The molecule has 1 aliphatic heterocycles. The summed E-state index contributed by atoms with van der Waals surface area (Å²) in [6, 6.07) is 7.77. The molecule has 0 bridgehead atoms. The Labute approximate surface area is 200 Å². The fraction of sp³-hybridized carbons (Fsp3) is 0.542. The molecule has 1 fully saturated rings. The molecule has 1 aromatic carbocycles. The van der Waals surface area contributed by atoms with Crippen molar-refractivity contribution in [3.05, 3.63) is 41.2 Å². The Bertz CT molecular complexity index is 946. The van der Waals surface area contributed by atoms with Crippen molar-refractivity contribution in [2.24, 2.45) is 0 Å². The van der Waals surface area contributed by atoms with Gasteiger partial charge in [0.15, 0.2) is 5.82 Å². The van der Waals surface area contributed by atoms with Gasteiger partial charge in [0.2, 0.25) is 11.8 Å². The minimum Gasteiger partial charge on any atom is -0.489 e. The maximum absolute atomic E-state index is 12.2. The number of hydrogen-bond acceptors (Lipinski definition) is 7. The number of aromatic nitrogens is 2. The van der Waals surface area contributed by atoms with E-state index < -0.39 is 5.60 Å². The molecular weight excluding hydrogens is 444 g/mol. The molecule has 2 heterocycles. The molecule has 0 saturated carbocycles. The van der Waals surface area contributed by atoms with E-state index in [9.17, 15) is 9.90 Å². The van der Waals surface area contributed by atoms with E-state index in [1.807, 2.05) is 49.9 Å². The molecule has 1 saturated heterocycles. The molecule has 1 amide bonds. The van der Waals surface area contributed by atoms with Crippen LogP contribution >= 0.6 is 11.6 Å². The normalized spacial score (nSPS) is 17.2. The maximum Gasteiger partial charge on any atom is 0.238 e. The van der Waals surface area contributed by atoms with E-state index in [2.05, 4.69) is 15.3 Å². The number of anilines is 1. The second-order valence-corrected chi connectivity index (χ2v) is 9.72. The number of rotatable bonds is 9. The van der Waals surface area contributed by atoms with Crippen molar-refractivity contribution >= 4 is 23.3 Å². The SMILES string of the molecule is CC(C)NC(=O)C(C)c1ccc(O[C@@H]2CCN(c3ncnc(OCC(C)(C)O)c3Cl)C2)cc1. The highest BCUT2D eigenvalue weighted by Crippen LogP contribution is 2.33. The number of benzene rings is 1. The first-order valence-corrected chi connectivity index (χ1v) is 11.6. The number of carbonyl (C=O) groups is 1. The Balaban J connectivity index is 1.59. The van der Waals surface area contributed by atoms with Crippen LogP contribution in [0.5, 0.6) is 11.6 Å². The van der Waals surface area contributed by atoms with Gasteiger partial charge >= 0.3 is 0 Å². The number of aliphatic hydroxyl groups is 1. The van der Waals surface area contributed by atoms with Crippen LogP contribution in [-0.2, 0) is 4.79 Å². The van der Waals surface area contributed by atoms with Crippen molar-refractivity contribution in [1.29, 1.82) is 0 Å². The predicted molar refractivity (Wildman–Crippen MR) is 128 cm³/mol.